The van der Waals surface area contributed by atoms with E-state index in [4.69, 9.17) is 14.2 Å². The van der Waals surface area contributed by atoms with E-state index in [-0.39, 0.29) is 12.7 Å². The zero-order valence-electron chi connectivity index (χ0n) is 15.1. The van der Waals surface area contributed by atoms with Gasteiger partial charge in [-0.2, -0.15) is 0 Å². The van der Waals surface area contributed by atoms with Gasteiger partial charge in [-0.15, -0.1) is 0 Å². The number of hydrogen-bond donors (Lipinski definition) is 2. The maximum atomic E-state index is 11.3. The Labute approximate surface area is 147 Å². The van der Waals surface area contributed by atoms with E-state index in [2.05, 4.69) is 0 Å². The van der Waals surface area contributed by atoms with Crippen LogP contribution in [0.2, 0.25) is 0 Å². The number of carbonyl (C=O) groups is 1. The van der Waals surface area contributed by atoms with Crippen LogP contribution in [0, 0.1) is 11.3 Å². The van der Waals surface area contributed by atoms with Crippen molar-refractivity contribution in [1.82, 2.24) is 0 Å². The second-order valence-corrected chi connectivity index (χ2v) is 7.89. The van der Waals surface area contributed by atoms with Crippen molar-refractivity contribution in [3.8, 4) is 11.5 Å². The topological polar surface area (TPSA) is 85.2 Å². The first kappa shape index (κ1) is 18.2. The summed E-state index contributed by atoms with van der Waals surface area (Å²) in [5, 5.41) is 20.8. The first-order chi connectivity index (χ1) is 11.7. The quantitative estimate of drug-likeness (QED) is 0.638. The van der Waals surface area contributed by atoms with Crippen LogP contribution in [-0.4, -0.2) is 48.2 Å². The SMILES string of the molecule is COCOc1cc(C=O)cc2c1O[C@]1(C)C[C@@H](O)[C@@H](O)C(C)(C)[C@H]1C2. The number of aliphatic hydroxyl groups is 2. The highest BCUT2D eigenvalue weighted by molar-refractivity contribution is 5.77. The van der Waals surface area contributed by atoms with Gasteiger partial charge in [0.15, 0.2) is 18.3 Å². The number of ether oxygens (including phenoxy) is 3. The van der Waals surface area contributed by atoms with Gasteiger partial charge >= 0.3 is 0 Å². The van der Waals surface area contributed by atoms with Crippen LogP contribution in [0.1, 0.15) is 43.1 Å². The van der Waals surface area contributed by atoms with Gasteiger partial charge < -0.3 is 24.4 Å². The second-order valence-electron chi connectivity index (χ2n) is 7.89. The van der Waals surface area contributed by atoms with Gasteiger partial charge in [-0.05, 0) is 31.0 Å². The molecule has 0 amide bonds. The summed E-state index contributed by atoms with van der Waals surface area (Å²) >= 11 is 0. The third-order valence-electron chi connectivity index (χ3n) is 5.76. The Balaban J connectivity index is 2.07. The predicted molar refractivity (Wildman–Crippen MR) is 91.0 cm³/mol. The third-order valence-corrected chi connectivity index (χ3v) is 5.76. The molecule has 0 spiro atoms. The van der Waals surface area contributed by atoms with E-state index in [0.717, 1.165) is 11.8 Å². The van der Waals surface area contributed by atoms with Crippen molar-refractivity contribution in [3.05, 3.63) is 23.3 Å². The highest BCUT2D eigenvalue weighted by Crippen LogP contribution is 2.54. The van der Waals surface area contributed by atoms with Gasteiger partial charge in [0.25, 0.3) is 0 Å². The van der Waals surface area contributed by atoms with Crippen LogP contribution in [0.4, 0.5) is 0 Å². The largest absolute Gasteiger partial charge is 0.483 e. The minimum atomic E-state index is -0.851. The zero-order chi connectivity index (χ0) is 18.4. The number of methoxy groups -OCH3 is 1. The Morgan fingerprint density at radius 1 is 1.32 bits per heavy atom. The van der Waals surface area contributed by atoms with Crippen molar-refractivity contribution in [2.75, 3.05) is 13.9 Å². The molecule has 0 bridgehead atoms. The summed E-state index contributed by atoms with van der Waals surface area (Å²) in [4.78, 5) is 11.3. The van der Waals surface area contributed by atoms with Crippen molar-refractivity contribution < 1.29 is 29.2 Å². The predicted octanol–water partition coefficient (Wildman–Crippen LogP) is 1.94. The van der Waals surface area contributed by atoms with E-state index in [1.807, 2.05) is 20.8 Å². The molecule has 25 heavy (non-hydrogen) atoms. The molecule has 6 heteroatoms. The van der Waals surface area contributed by atoms with Gasteiger partial charge in [-0.3, -0.25) is 4.79 Å². The number of carbonyl (C=O) groups excluding carboxylic acids is 1. The lowest BCUT2D eigenvalue weighted by Crippen LogP contribution is -2.63. The van der Waals surface area contributed by atoms with E-state index >= 15 is 0 Å². The van der Waals surface area contributed by atoms with Crippen LogP contribution < -0.4 is 9.47 Å². The molecule has 2 aliphatic rings. The Morgan fingerprint density at radius 3 is 2.68 bits per heavy atom. The summed E-state index contributed by atoms with van der Waals surface area (Å²) in [6.45, 7) is 5.91. The zero-order valence-corrected chi connectivity index (χ0v) is 15.1. The van der Waals surface area contributed by atoms with Gasteiger partial charge in [-0.25, -0.2) is 0 Å². The van der Waals surface area contributed by atoms with E-state index in [1.165, 1.54) is 7.11 Å². The Kier molecular flexibility index (Phi) is 4.56. The highest BCUT2D eigenvalue weighted by atomic mass is 16.7. The monoisotopic (exact) mass is 350 g/mol. The van der Waals surface area contributed by atoms with Gasteiger partial charge in [-0.1, -0.05) is 13.8 Å². The molecule has 0 saturated heterocycles. The number of hydrogen-bond acceptors (Lipinski definition) is 6. The van der Waals surface area contributed by atoms with Crippen molar-refractivity contribution >= 4 is 6.29 Å². The average Bonchev–Trinajstić information content (AvgIpc) is 2.56. The minimum Gasteiger partial charge on any atom is -0.483 e. The second kappa shape index (κ2) is 6.27. The van der Waals surface area contributed by atoms with Crippen molar-refractivity contribution in [2.45, 2.75) is 51.4 Å². The molecule has 0 aromatic heterocycles. The first-order valence-electron chi connectivity index (χ1n) is 8.52. The first-order valence-corrected chi connectivity index (χ1v) is 8.52. The fourth-order valence-electron chi connectivity index (χ4n) is 4.45. The molecule has 138 valence electrons. The summed E-state index contributed by atoms with van der Waals surface area (Å²) in [5.41, 5.74) is 0.207. The molecule has 0 unspecified atom stereocenters. The molecular formula is C19H26O6. The number of aldehydes is 1. The fraction of sp³-hybridized carbons (Fsp3) is 0.632. The molecule has 1 aliphatic carbocycles. The maximum absolute atomic E-state index is 11.3. The third kappa shape index (κ3) is 2.92. The average molecular weight is 350 g/mol. The van der Waals surface area contributed by atoms with E-state index in [9.17, 15) is 15.0 Å². The van der Waals surface area contributed by atoms with Crippen molar-refractivity contribution in [3.63, 3.8) is 0 Å². The summed E-state index contributed by atoms with van der Waals surface area (Å²) in [6, 6.07) is 3.43. The summed E-state index contributed by atoms with van der Waals surface area (Å²) in [7, 11) is 1.52. The van der Waals surface area contributed by atoms with Gasteiger partial charge in [0.05, 0.1) is 12.2 Å². The highest BCUT2D eigenvalue weighted by Gasteiger charge is 2.58. The van der Waals surface area contributed by atoms with Crippen LogP contribution in [0.3, 0.4) is 0 Å². The molecule has 1 heterocycles. The minimum absolute atomic E-state index is 0.0110. The summed E-state index contributed by atoms with van der Waals surface area (Å²) in [5.74, 6) is 1.03. The van der Waals surface area contributed by atoms with Gasteiger partial charge in [0.1, 0.15) is 11.9 Å². The lowest BCUT2D eigenvalue weighted by Gasteiger charge is -2.56. The van der Waals surface area contributed by atoms with E-state index < -0.39 is 23.2 Å². The molecule has 2 N–H and O–H groups in total. The Bertz CT molecular complexity index is 670. The number of fused-ring (bicyclic) bond motifs is 2. The number of rotatable bonds is 4. The molecule has 1 fully saturated rings. The lowest BCUT2D eigenvalue weighted by molar-refractivity contribution is -0.187. The van der Waals surface area contributed by atoms with Crippen molar-refractivity contribution in [2.24, 2.45) is 11.3 Å². The van der Waals surface area contributed by atoms with Gasteiger partial charge in [0, 0.05) is 30.4 Å². The molecule has 1 aromatic rings. The van der Waals surface area contributed by atoms with Crippen LogP contribution in [0.15, 0.2) is 12.1 Å². The smallest absolute Gasteiger partial charge is 0.188 e. The molecule has 1 aromatic carbocycles. The normalized spacial score (nSPS) is 33.0. The maximum Gasteiger partial charge on any atom is 0.188 e. The number of benzene rings is 1. The van der Waals surface area contributed by atoms with Crippen LogP contribution in [0.5, 0.6) is 11.5 Å². The number of aliphatic hydroxyl groups excluding tert-OH is 2. The van der Waals surface area contributed by atoms with Crippen LogP contribution in [0.25, 0.3) is 0 Å². The summed E-state index contributed by atoms with van der Waals surface area (Å²) < 4.78 is 16.9. The molecule has 1 aliphatic heterocycles. The molecule has 3 rings (SSSR count). The Morgan fingerprint density at radius 2 is 2.04 bits per heavy atom. The Hall–Kier alpha value is -1.63. The van der Waals surface area contributed by atoms with Gasteiger partial charge in [0.2, 0.25) is 0 Å². The molecule has 6 nitrogen and oxygen atoms in total. The van der Waals surface area contributed by atoms with E-state index in [0.29, 0.717) is 29.9 Å². The van der Waals surface area contributed by atoms with Crippen molar-refractivity contribution in [1.29, 1.82) is 0 Å². The molecule has 1 saturated carbocycles. The fourth-order valence-corrected chi connectivity index (χ4v) is 4.45. The lowest BCUT2D eigenvalue weighted by atomic mass is 9.57. The summed E-state index contributed by atoms with van der Waals surface area (Å²) in [6.07, 6.45) is 0.0666. The molecular weight excluding hydrogens is 324 g/mol. The van der Waals surface area contributed by atoms with E-state index in [1.54, 1.807) is 12.1 Å². The molecule has 0 radical (unpaired) electrons. The van der Waals surface area contributed by atoms with Crippen LogP contribution in [-0.2, 0) is 11.2 Å². The van der Waals surface area contributed by atoms with Crippen LogP contribution >= 0.6 is 0 Å². The standard InChI is InChI=1S/C19H26O6/c1-18(2)15-7-12-5-11(9-20)6-14(24-10-23-4)16(12)25-19(15,3)8-13(21)17(18)22/h5-6,9,13,15,17,21-22H,7-8,10H2,1-4H3/t13-,15-,17-,19-/m1/s1. The molecule has 4 atom stereocenters.